The third kappa shape index (κ3) is 9.37. The molecule has 0 aliphatic carbocycles. The molecule has 0 spiro atoms. The molecule has 0 amide bonds. The molecule has 1 aliphatic rings. The molecule has 0 saturated carbocycles. The van der Waals surface area contributed by atoms with Crippen molar-refractivity contribution in [3.63, 3.8) is 0 Å². The highest BCUT2D eigenvalue weighted by atomic mass is 32.2. The SMILES string of the molecule is CS(=O)(=O)OC[C@@H]1O[C@@H](O)[C@H](OS(C)(=O)=O)[C@H](OS(C)(=O)=O)[C@@H]1OS(C)(=O)=O. The smallest absolute Gasteiger partial charge is 0.264 e. The van der Waals surface area contributed by atoms with E-state index in [4.69, 9.17) is 8.92 Å². The van der Waals surface area contributed by atoms with Crippen LogP contribution in [0, 0.1) is 0 Å². The summed E-state index contributed by atoms with van der Waals surface area (Å²) in [4.78, 5) is 0. The largest absolute Gasteiger partial charge is 0.366 e. The average molecular weight is 493 g/mol. The van der Waals surface area contributed by atoms with E-state index >= 15 is 0 Å². The first kappa shape index (κ1) is 25.6. The molecule has 168 valence electrons. The van der Waals surface area contributed by atoms with Crippen LogP contribution in [-0.4, -0.2) is 101 Å². The first-order chi connectivity index (χ1) is 12.3. The third-order valence-corrected chi connectivity index (χ3v) is 5.19. The molecule has 1 N–H and O–H groups in total. The molecular weight excluding hydrogens is 472 g/mol. The van der Waals surface area contributed by atoms with E-state index in [1.807, 2.05) is 0 Å². The lowest BCUT2D eigenvalue weighted by Gasteiger charge is -2.42. The Morgan fingerprint density at radius 2 is 1.07 bits per heavy atom. The number of rotatable bonds is 9. The lowest BCUT2D eigenvalue weighted by molar-refractivity contribution is -0.267. The van der Waals surface area contributed by atoms with Crippen molar-refractivity contribution in [2.75, 3.05) is 31.6 Å². The Kier molecular flexibility index (Phi) is 7.99. The van der Waals surface area contributed by atoms with Crippen LogP contribution in [-0.2, 0) is 61.9 Å². The minimum Gasteiger partial charge on any atom is -0.366 e. The molecule has 0 bridgehead atoms. The minimum atomic E-state index is -4.37. The standard InChI is InChI=1S/C10H20O14S4/c1-25(12,13)20-5-6-7(22-26(2,14)15)8(23-27(3,16)17)9(10(11)21-6)24-28(4,18)19/h6-11H,5H2,1-4H3/t6-,7+,8+,9+,10+/m0/s1. The zero-order valence-corrected chi connectivity index (χ0v) is 18.2. The summed E-state index contributed by atoms with van der Waals surface area (Å²) in [7, 11) is -17.1. The van der Waals surface area contributed by atoms with Crippen LogP contribution in [0.2, 0.25) is 0 Å². The Morgan fingerprint density at radius 3 is 1.46 bits per heavy atom. The van der Waals surface area contributed by atoms with Gasteiger partial charge >= 0.3 is 0 Å². The van der Waals surface area contributed by atoms with Gasteiger partial charge in [-0.2, -0.15) is 33.7 Å². The van der Waals surface area contributed by atoms with Crippen LogP contribution in [0.3, 0.4) is 0 Å². The van der Waals surface area contributed by atoms with E-state index < -0.39 is 77.8 Å². The maximum absolute atomic E-state index is 11.6. The number of aliphatic hydroxyl groups excluding tert-OH is 1. The van der Waals surface area contributed by atoms with Gasteiger partial charge in [-0.3, -0.25) is 16.7 Å². The van der Waals surface area contributed by atoms with E-state index in [2.05, 4.69) is 12.5 Å². The normalized spacial score (nSPS) is 30.2. The maximum Gasteiger partial charge on any atom is 0.264 e. The predicted octanol–water partition coefficient (Wildman–Crippen LogP) is -3.29. The van der Waals surface area contributed by atoms with Crippen molar-refractivity contribution in [1.82, 2.24) is 0 Å². The highest BCUT2D eigenvalue weighted by molar-refractivity contribution is 7.86. The van der Waals surface area contributed by atoms with E-state index in [1.165, 1.54) is 0 Å². The van der Waals surface area contributed by atoms with Gasteiger partial charge in [0.05, 0.1) is 31.6 Å². The summed E-state index contributed by atoms with van der Waals surface area (Å²) in [5.74, 6) is 0. The van der Waals surface area contributed by atoms with Gasteiger partial charge < -0.3 is 9.84 Å². The second-order valence-electron chi connectivity index (χ2n) is 5.85. The summed E-state index contributed by atoms with van der Waals surface area (Å²) in [6, 6.07) is 0. The zero-order chi connectivity index (χ0) is 22.1. The fraction of sp³-hybridized carbons (Fsp3) is 1.00. The van der Waals surface area contributed by atoms with Gasteiger partial charge in [0, 0.05) is 0 Å². The van der Waals surface area contributed by atoms with E-state index in [9.17, 15) is 38.8 Å². The van der Waals surface area contributed by atoms with Crippen molar-refractivity contribution in [2.45, 2.75) is 30.7 Å². The van der Waals surface area contributed by atoms with Crippen LogP contribution in [0.1, 0.15) is 0 Å². The van der Waals surface area contributed by atoms with Gasteiger partial charge in [0.25, 0.3) is 40.5 Å². The van der Waals surface area contributed by atoms with Gasteiger partial charge in [0.2, 0.25) is 0 Å². The highest BCUT2D eigenvalue weighted by Crippen LogP contribution is 2.30. The first-order valence-corrected chi connectivity index (χ1v) is 14.4. The summed E-state index contributed by atoms with van der Waals surface area (Å²) in [5, 5.41) is 10.0. The van der Waals surface area contributed by atoms with Gasteiger partial charge in [0.1, 0.15) is 18.3 Å². The summed E-state index contributed by atoms with van der Waals surface area (Å²) in [6.45, 7) is -0.911. The summed E-state index contributed by atoms with van der Waals surface area (Å²) >= 11 is 0. The average Bonchev–Trinajstić information content (AvgIpc) is 2.39. The van der Waals surface area contributed by atoms with Crippen LogP contribution in [0.5, 0.6) is 0 Å². The first-order valence-electron chi connectivity index (χ1n) is 7.10. The van der Waals surface area contributed by atoms with Crippen molar-refractivity contribution in [3.8, 4) is 0 Å². The Hall–Kier alpha value is -0.440. The predicted molar refractivity (Wildman–Crippen MR) is 90.8 cm³/mol. The van der Waals surface area contributed by atoms with Crippen LogP contribution in [0.4, 0.5) is 0 Å². The fourth-order valence-electron chi connectivity index (χ4n) is 2.15. The molecule has 1 saturated heterocycles. The van der Waals surface area contributed by atoms with E-state index in [0.717, 1.165) is 0 Å². The molecule has 0 aromatic heterocycles. The molecule has 5 atom stereocenters. The molecule has 0 unspecified atom stereocenters. The van der Waals surface area contributed by atoms with Crippen molar-refractivity contribution >= 4 is 40.5 Å². The van der Waals surface area contributed by atoms with Crippen LogP contribution >= 0.6 is 0 Å². The molecule has 1 fully saturated rings. The monoisotopic (exact) mass is 492 g/mol. The van der Waals surface area contributed by atoms with E-state index in [-0.39, 0.29) is 0 Å². The number of hydrogen-bond donors (Lipinski definition) is 1. The molecule has 1 heterocycles. The Morgan fingerprint density at radius 1 is 0.679 bits per heavy atom. The molecular formula is C10H20O14S4. The molecule has 1 aliphatic heterocycles. The molecule has 0 aromatic rings. The molecule has 14 nitrogen and oxygen atoms in total. The van der Waals surface area contributed by atoms with Gasteiger partial charge in [-0.25, -0.2) is 0 Å². The summed E-state index contributed by atoms with van der Waals surface area (Å²) in [5.41, 5.74) is 0. The lowest BCUT2D eigenvalue weighted by atomic mass is 9.99. The number of hydrogen-bond acceptors (Lipinski definition) is 14. The Balaban J connectivity index is 3.42. The zero-order valence-electron chi connectivity index (χ0n) is 15.0. The van der Waals surface area contributed by atoms with Gasteiger partial charge in [-0.1, -0.05) is 0 Å². The van der Waals surface area contributed by atoms with Gasteiger partial charge in [-0.15, -0.1) is 0 Å². The minimum absolute atomic E-state index is 0.561. The van der Waals surface area contributed by atoms with E-state index in [1.54, 1.807) is 0 Å². The second kappa shape index (κ2) is 8.74. The molecule has 28 heavy (non-hydrogen) atoms. The van der Waals surface area contributed by atoms with Crippen LogP contribution < -0.4 is 0 Å². The molecule has 18 heteroatoms. The van der Waals surface area contributed by atoms with Crippen molar-refractivity contribution < 1.29 is 60.2 Å². The number of aliphatic hydroxyl groups is 1. The Bertz CT molecular complexity index is 963. The van der Waals surface area contributed by atoms with E-state index in [0.29, 0.717) is 25.0 Å². The maximum atomic E-state index is 11.6. The summed E-state index contributed by atoms with van der Waals surface area (Å²) in [6.07, 6.45) is -7.58. The van der Waals surface area contributed by atoms with Crippen molar-refractivity contribution in [2.24, 2.45) is 0 Å². The summed E-state index contributed by atoms with van der Waals surface area (Å²) < 4.78 is 115. The highest BCUT2D eigenvalue weighted by Gasteiger charge is 2.52. The molecule has 1 rings (SSSR count). The molecule has 0 aromatic carbocycles. The van der Waals surface area contributed by atoms with Gasteiger partial charge in [0.15, 0.2) is 12.4 Å². The quantitative estimate of drug-likeness (QED) is 0.314. The number of ether oxygens (including phenoxy) is 1. The topological polar surface area (TPSA) is 203 Å². The van der Waals surface area contributed by atoms with Crippen LogP contribution in [0.15, 0.2) is 0 Å². The van der Waals surface area contributed by atoms with Crippen LogP contribution in [0.25, 0.3) is 0 Å². The van der Waals surface area contributed by atoms with Crippen molar-refractivity contribution in [3.05, 3.63) is 0 Å². The van der Waals surface area contributed by atoms with Crippen molar-refractivity contribution in [1.29, 1.82) is 0 Å². The fourth-order valence-corrected chi connectivity index (χ4v) is 4.40. The Labute approximate surface area is 163 Å². The third-order valence-electron chi connectivity index (χ3n) is 2.91. The second-order valence-corrected chi connectivity index (χ2v) is 12.3. The lowest BCUT2D eigenvalue weighted by Crippen LogP contribution is -2.62. The van der Waals surface area contributed by atoms with Gasteiger partial charge in [-0.05, 0) is 0 Å². The molecule has 0 radical (unpaired) electrons.